The van der Waals surface area contributed by atoms with Gasteiger partial charge < -0.3 is 5.32 Å². The van der Waals surface area contributed by atoms with Crippen molar-refractivity contribution >= 4 is 22.4 Å². The molecule has 0 fully saturated rings. The van der Waals surface area contributed by atoms with Crippen LogP contribution in [0.25, 0.3) is 16.9 Å². The topological polar surface area (TPSA) is 135 Å². The normalized spacial score (nSPS) is 11.8. The molecule has 3 aromatic rings. The Labute approximate surface area is 129 Å². The van der Waals surface area contributed by atoms with Crippen LogP contribution in [-0.2, 0) is 0 Å². The van der Waals surface area contributed by atoms with Gasteiger partial charge in [0.15, 0.2) is 11.5 Å². The average molecular weight is 310 g/mol. The van der Waals surface area contributed by atoms with Crippen molar-refractivity contribution in [3.63, 3.8) is 0 Å². The van der Waals surface area contributed by atoms with Gasteiger partial charge in [-0.25, -0.2) is 15.0 Å². The van der Waals surface area contributed by atoms with Crippen LogP contribution < -0.4 is 5.32 Å². The number of nitro groups is 1. The molecular formula is C13H10N8O2. The molecule has 114 valence electrons. The van der Waals surface area contributed by atoms with E-state index < -0.39 is 11.0 Å². The fraction of sp³-hybridized carbons (Fsp3) is 0.154. The highest BCUT2D eigenvalue weighted by Crippen LogP contribution is 2.26. The van der Waals surface area contributed by atoms with Gasteiger partial charge in [0.2, 0.25) is 0 Å². The molecule has 0 saturated heterocycles. The Morgan fingerprint density at radius 3 is 2.96 bits per heavy atom. The molecule has 23 heavy (non-hydrogen) atoms. The number of hydrogen-bond donors (Lipinski definition) is 1. The third-order valence-electron chi connectivity index (χ3n) is 3.08. The molecule has 0 aromatic carbocycles. The highest BCUT2D eigenvalue weighted by Gasteiger charge is 2.18. The first-order valence-corrected chi connectivity index (χ1v) is 6.55. The lowest BCUT2D eigenvalue weighted by atomic mass is 10.3. The molecule has 0 saturated carbocycles. The predicted molar refractivity (Wildman–Crippen MR) is 79.8 cm³/mol. The van der Waals surface area contributed by atoms with Gasteiger partial charge in [-0.3, -0.25) is 10.1 Å². The number of nitrogens with one attached hydrogen (secondary N) is 1. The molecule has 0 radical (unpaired) electrons. The predicted octanol–water partition coefficient (Wildman–Crippen LogP) is 1.44. The maximum absolute atomic E-state index is 11.1. The molecule has 0 aliphatic heterocycles. The van der Waals surface area contributed by atoms with Crippen LogP contribution in [0.2, 0.25) is 0 Å². The van der Waals surface area contributed by atoms with E-state index in [4.69, 9.17) is 5.26 Å². The minimum Gasteiger partial charge on any atom is -0.364 e. The molecule has 3 heterocycles. The minimum absolute atomic E-state index is 0.187. The van der Waals surface area contributed by atoms with E-state index in [0.717, 1.165) is 6.20 Å². The van der Waals surface area contributed by atoms with Crippen molar-refractivity contribution in [2.45, 2.75) is 13.0 Å². The van der Waals surface area contributed by atoms with Crippen molar-refractivity contribution in [2.24, 2.45) is 0 Å². The van der Waals surface area contributed by atoms with E-state index in [2.05, 4.69) is 25.4 Å². The Morgan fingerprint density at radius 2 is 2.22 bits per heavy atom. The molecule has 10 nitrogen and oxygen atoms in total. The van der Waals surface area contributed by atoms with Crippen LogP contribution in [0.1, 0.15) is 6.92 Å². The molecule has 0 aliphatic carbocycles. The molecule has 3 rings (SSSR count). The summed E-state index contributed by atoms with van der Waals surface area (Å²) in [6.07, 6.45) is 5.68. The zero-order chi connectivity index (χ0) is 16.4. The highest BCUT2D eigenvalue weighted by atomic mass is 16.6. The molecule has 1 atom stereocenters. The molecule has 0 spiro atoms. The number of aromatic nitrogens is 5. The molecule has 1 unspecified atom stereocenters. The maximum Gasteiger partial charge on any atom is 0.310 e. The number of nitrogens with zero attached hydrogens (tertiary/aromatic N) is 7. The van der Waals surface area contributed by atoms with E-state index in [1.165, 1.54) is 17.1 Å². The molecular weight excluding hydrogens is 300 g/mol. The second-order valence-electron chi connectivity index (χ2n) is 4.67. The van der Waals surface area contributed by atoms with Crippen molar-refractivity contribution in [1.82, 2.24) is 24.7 Å². The zero-order valence-electron chi connectivity index (χ0n) is 11.9. The van der Waals surface area contributed by atoms with Crippen molar-refractivity contribution < 1.29 is 4.92 Å². The first-order valence-electron chi connectivity index (χ1n) is 6.55. The maximum atomic E-state index is 11.1. The smallest absolute Gasteiger partial charge is 0.310 e. The highest BCUT2D eigenvalue weighted by molar-refractivity contribution is 5.75. The van der Waals surface area contributed by atoms with E-state index >= 15 is 0 Å². The van der Waals surface area contributed by atoms with E-state index in [1.807, 2.05) is 6.07 Å². The standard InChI is InChI=1S/C13H10N8O2/c1-8(3-14)19-10-2-12(16-6-11(10)21(22)23)20-13-9(5-18-20)4-15-7-17-13/h2,4-8H,1H3,(H,16,19). The fourth-order valence-electron chi connectivity index (χ4n) is 2.02. The van der Waals surface area contributed by atoms with E-state index in [0.29, 0.717) is 16.9 Å². The van der Waals surface area contributed by atoms with Crippen LogP contribution in [0.3, 0.4) is 0 Å². The Hall–Kier alpha value is -3.61. The molecule has 3 aromatic heterocycles. The van der Waals surface area contributed by atoms with Crippen LogP contribution in [-0.4, -0.2) is 35.7 Å². The third-order valence-corrected chi connectivity index (χ3v) is 3.08. The van der Waals surface area contributed by atoms with Gasteiger partial charge in [0.25, 0.3) is 0 Å². The first-order chi connectivity index (χ1) is 11.1. The van der Waals surface area contributed by atoms with E-state index in [1.54, 1.807) is 19.3 Å². The van der Waals surface area contributed by atoms with Crippen LogP contribution in [0, 0.1) is 21.4 Å². The van der Waals surface area contributed by atoms with Gasteiger partial charge in [0.05, 0.1) is 22.6 Å². The Balaban J connectivity index is 2.12. The lowest BCUT2D eigenvalue weighted by Gasteiger charge is -2.10. The lowest BCUT2D eigenvalue weighted by molar-refractivity contribution is -0.384. The number of pyridine rings is 1. The van der Waals surface area contributed by atoms with Crippen LogP contribution in [0.15, 0.2) is 31.0 Å². The van der Waals surface area contributed by atoms with Gasteiger partial charge in [-0.2, -0.15) is 15.0 Å². The Bertz CT molecular complexity index is 929. The van der Waals surface area contributed by atoms with Gasteiger partial charge >= 0.3 is 5.69 Å². The lowest BCUT2D eigenvalue weighted by Crippen LogP contribution is -2.14. The third kappa shape index (κ3) is 2.62. The van der Waals surface area contributed by atoms with Crippen molar-refractivity contribution in [3.8, 4) is 11.9 Å². The number of nitriles is 1. The van der Waals surface area contributed by atoms with Crippen LogP contribution in [0.5, 0.6) is 0 Å². The summed E-state index contributed by atoms with van der Waals surface area (Å²) in [5.41, 5.74) is 0.495. The Kier molecular flexibility index (Phi) is 3.52. The van der Waals surface area contributed by atoms with Gasteiger partial charge in [0.1, 0.15) is 24.3 Å². The van der Waals surface area contributed by atoms with Crippen molar-refractivity contribution in [2.75, 3.05) is 5.32 Å². The first kappa shape index (κ1) is 14.3. The Morgan fingerprint density at radius 1 is 1.39 bits per heavy atom. The molecule has 0 aliphatic rings. The summed E-state index contributed by atoms with van der Waals surface area (Å²) in [6.45, 7) is 1.60. The number of hydrogen-bond acceptors (Lipinski definition) is 8. The number of anilines is 1. The summed E-state index contributed by atoms with van der Waals surface area (Å²) < 4.78 is 1.45. The molecule has 0 amide bonds. The summed E-state index contributed by atoms with van der Waals surface area (Å²) in [6, 6.07) is 2.83. The van der Waals surface area contributed by atoms with Crippen molar-refractivity contribution in [1.29, 1.82) is 5.26 Å². The fourth-order valence-corrected chi connectivity index (χ4v) is 2.02. The number of fused-ring (bicyclic) bond motifs is 1. The summed E-state index contributed by atoms with van der Waals surface area (Å²) in [4.78, 5) is 22.6. The monoisotopic (exact) mass is 310 g/mol. The molecule has 1 N–H and O–H groups in total. The van der Waals surface area contributed by atoms with E-state index in [9.17, 15) is 10.1 Å². The minimum atomic E-state index is -0.597. The number of rotatable bonds is 4. The van der Waals surface area contributed by atoms with Gasteiger partial charge in [-0.1, -0.05) is 0 Å². The van der Waals surface area contributed by atoms with Gasteiger partial charge in [0, 0.05) is 12.3 Å². The summed E-state index contributed by atoms with van der Waals surface area (Å²) in [5.74, 6) is 0.344. The average Bonchev–Trinajstić information content (AvgIpc) is 2.98. The summed E-state index contributed by atoms with van der Waals surface area (Å²) >= 11 is 0. The van der Waals surface area contributed by atoms with Gasteiger partial charge in [-0.15, -0.1) is 0 Å². The SMILES string of the molecule is CC(C#N)Nc1cc(-n2ncc3cncnc32)ncc1[N+](=O)[O-]. The van der Waals surface area contributed by atoms with Gasteiger partial charge in [-0.05, 0) is 6.92 Å². The summed E-state index contributed by atoms with van der Waals surface area (Å²) in [7, 11) is 0. The van der Waals surface area contributed by atoms with Crippen LogP contribution >= 0.6 is 0 Å². The largest absolute Gasteiger partial charge is 0.364 e. The quantitative estimate of drug-likeness (QED) is 0.564. The molecule has 0 bridgehead atoms. The van der Waals surface area contributed by atoms with Crippen molar-refractivity contribution in [3.05, 3.63) is 41.1 Å². The van der Waals surface area contributed by atoms with Crippen LogP contribution in [0.4, 0.5) is 11.4 Å². The van der Waals surface area contributed by atoms with E-state index in [-0.39, 0.29) is 11.4 Å². The zero-order valence-corrected chi connectivity index (χ0v) is 11.9. The molecule has 10 heteroatoms. The second kappa shape index (κ2) is 5.64. The second-order valence-corrected chi connectivity index (χ2v) is 4.67. The summed E-state index contributed by atoms with van der Waals surface area (Å²) in [5, 5.41) is 27.6.